The van der Waals surface area contributed by atoms with Gasteiger partial charge in [-0.15, -0.1) is 11.3 Å². The Balaban J connectivity index is 2.30. The molecule has 0 aromatic carbocycles. The van der Waals surface area contributed by atoms with Crippen molar-refractivity contribution in [3.8, 4) is 16.5 Å². The zero-order valence-electron chi connectivity index (χ0n) is 10.5. The van der Waals surface area contributed by atoms with Crippen LogP contribution in [-0.4, -0.2) is 23.9 Å². The number of thiophene rings is 1. The molecule has 2 aromatic heterocycles. The molecule has 2 aromatic rings. The summed E-state index contributed by atoms with van der Waals surface area (Å²) in [5, 5.41) is 7.67. The Hall–Kier alpha value is -1.33. The van der Waals surface area contributed by atoms with Crippen LogP contribution in [0.4, 0.5) is 0 Å². The van der Waals surface area contributed by atoms with Crippen molar-refractivity contribution in [3.05, 3.63) is 23.1 Å². The second-order valence-corrected chi connectivity index (χ2v) is 5.02. The average molecular weight is 251 g/mol. The second kappa shape index (κ2) is 4.89. The Kier molecular flexibility index (Phi) is 3.49. The minimum absolute atomic E-state index is 0.374. The Morgan fingerprint density at radius 2 is 2.24 bits per heavy atom. The van der Waals surface area contributed by atoms with E-state index in [1.165, 1.54) is 9.75 Å². The van der Waals surface area contributed by atoms with E-state index in [0.29, 0.717) is 6.04 Å². The number of aromatic nitrogens is 2. The maximum atomic E-state index is 5.22. The van der Waals surface area contributed by atoms with E-state index in [1.54, 1.807) is 23.1 Å². The third kappa shape index (κ3) is 2.35. The molecule has 0 bridgehead atoms. The number of hydrogen-bond acceptors (Lipinski definition) is 4. The molecule has 0 spiro atoms. The van der Waals surface area contributed by atoms with Crippen LogP contribution in [0, 0.1) is 0 Å². The molecule has 0 saturated carbocycles. The summed E-state index contributed by atoms with van der Waals surface area (Å²) in [4.78, 5) is 2.48. The molecule has 0 amide bonds. The van der Waals surface area contributed by atoms with Crippen molar-refractivity contribution in [2.24, 2.45) is 7.05 Å². The highest BCUT2D eigenvalue weighted by molar-refractivity contribution is 7.15. The van der Waals surface area contributed by atoms with E-state index in [-0.39, 0.29) is 0 Å². The van der Waals surface area contributed by atoms with E-state index in [2.05, 4.69) is 29.5 Å². The number of nitrogens with zero attached hydrogens (tertiary/aromatic N) is 2. The van der Waals surface area contributed by atoms with E-state index < -0.39 is 0 Å². The third-order valence-corrected chi connectivity index (χ3v) is 4.08. The topological polar surface area (TPSA) is 39.1 Å². The highest BCUT2D eigenvalue weighted by atomic mass is 32.1. The van der Waals surface area contributed by atoms with Gasteiger partial charge >= 0.3 is 0 Å². The van der Waals surface area contributed by atoms with Crippen molar-refractivity contribution in [2.45, 2.75) is 13.0 Å². The van der Waals surface area contributed by atoms with Crippen molar-refractivity contribution < 1.29 is 4.74 Å². The molecule has 0 fully saturated rings. The highest BCUT2D eigenvalue weighted by Gasteiger charge is 2.11. The average Bonchev–Trinajstić information content (AvgIpc) is 2.94. The number of nitrogens with one attached hydrogen (secondary N) is 1. The quantitative estimate of drug-likeness (QED) is 0.907. The van der Waals surface area contributed by atoms with Crippen molar-refractivity contribution in [1.29, 1.82) is 0 Å². The van der Waals surface area contributed by atoms with Gasteiger partial charge in [0.05, 0.1) is 12.0 Å². The second-order valence-electron chi connectivity index (χ2n) is 3.91. The van der Waals surface area contributed by atoms with Crippen LogP contribution in [0.2, 0.25) is 0 Å². The Morgan fingerprint density at radius 3 is 2.82 bits per heavy atom. The first-order valence-electron chi connectivity index (χ1n) is 5.51. The molecule has 0 saturated heterocycles. The summed E-state index contributed by atoms with van der Waals surface area (Å²) in [5.41, 5.74) is 0.962. The zero-order chi connectivity index (χ0) is 12.4. The van der Waals surface area contributed by atoms with Gasteiger partial charge in [-0.2, -0.15) is 5.10 Å². The van der Waals surface area contributed by atoms with Gasteiger partial charge in [-0.1, -0.05) is 0 Å². The Bertz CT molecular complexity index is 504. The first kappa shape index (κ1) is 12.1. The van der Waals surface area contributed by atoms with Crippen LogP contribution < -0.4 is 10.1 Å². The Morgan fingerprint density at radius 1 is 1.47 bits per heavy atom. The number of rotatable bonds is 4. The standard InChI is InChI=1S/C12H17N3OS/c1-8(13-2)10-5-6-11(17-10)9-7-12(16-4)15(3)14-9/h5-8,13H,1-4H3. The van der Waals surface area contributed by atoms with E-state index in [0.717, 1.165) is 11.6 Å². The number of hydrogen-bond donors (Lipinski definition) is 1. The monoisotopic (exact) mass is 251 g/mol. The van der Waals surface area contributed by atoms with E-state index >= 15 is 0 Å². The zero-order valence-corrected chi connectivity index (χ0v) is 11.3. The first-order valence-corrected chi connectivity index (χ1v) is 6.32. The molecule has 5 heteroatoms. The SMILES string of the molecule is CNC(C)c1ccc(-c2cc(OC)n(C)n2)s1. The van der Waals surface area contributed by atoms with Crippen molar-refractivity contribution in [2.75, 3.05) is 14.2 Å². The molecular formula is C12H17N3OS. The summed E-state index contributed by atoms with van der Waals surface area (Å²) in [6.07, 6.45) is 0. The molecule has 1 unspecified atom stereocenters. The molecule has 4 nitrogen and oxygen atoms in total. The van der Waals surface area contributed by atoms with Crippen molar-refractivity contribution in [1.82, 2.24) is 15.1 Å². The van der Waals surface area contributed by atoms with Gasteiger partial charge in [0.2, 0.25) is 5.88 Å². The van der Waals surface area contributed by atoms with Crippen molar-refractivity contribution in [3.63, 3.8) is 0 Å². The summed E-state index contributed by atoms with van der Waals surface area (Å²) < 4.78 is 6.96. The molecule has 1 atom stereocenters. The van der Waals surface area contributed by atoms with Crippen LogP contribution in [0.15, 0.2) is 18.2 Å². The smallest absolute Gasteiger partial charge is 0.211 e. The van der Waals surface area contributed by atoms with Gasteiger partial charge in [-0.05, 0) is 26.1 Å². The molecule has 0 aliphatic rings. The van der Waals surface area contributed by atoms with E-state index in [9.17, 15) is 0 Å². The lowest BCUT2D eigenvalue weighted by atomic mass is 10.3. The van der Waals surface area contributed by atoms with Crippen LogP contribution >= 0.6 is 11.3 Å². The molecule has 92 valence electrons. The molecule has 0 aliphatic carbocycles. The third-order valence-electron chi connectivity index (χ3n) is 2.79. The first-order chi connectivity index (χ1) is 8.15. The van der Waals surface area contributed by atoms with E-state index in [4.69, 9.17) is 4.74 Å². The van der Waals surface area contributed by atoms with Crippen LogP contribution in [0.1, 0.15) is 17.8 Å². The molecule has 2 rings (SSSR count). The van der Waals surface area contributed by atoms with Crippen LogP contribution in [0.25, 0.3) is 10.6 Å². The van der Waals surface area contributed by atoms with Gasteiger partial charge in [0.15, 0.2) is 0 Å². The van der Waals surface area contributed by atoms with E-state index in [1.807, 2.05) is 20.2 Å². The minimum Gasteiger partial charge on any atom is -0.481 e. The van der Waals surface area contributed by atoms with Crippen LogP contribution in [-0.2, 0) is 7.05 Å². The predicted molar refractivity (Wildman–Crippen MR) is 70.5 cm³/mol. The van der Waals surface area contributed by atoms with Gasteiger partial charge in [-0.3, -0.25) is 0 Å². The fraction of sp³-hybridized carbons (Fsp3) is 0.417. The highest BCUT2D eigenvalue weighted by Crippen LogP contribution is 2.31. The van der Waals surface area contributed by atoms with Gasteiger partial charge in [-0.25, -0.2) is 4.68 Å². The summed E-state index contributed by atoms with van der Waals surface area (Å²) in [6, 6.07) is 6.58. The molecule has 0 aliphatic heterocycles. The lowest BCUT2D eigenvalue weighted by molar-refractivity contribution is 0.373. The van der Waals surface area contributed by atoms with Gasteiger partial charge in [0, 0.05) is 24.0 Å². The van der Waals surface area contributed by atoms with Gasteiger partial charge in [0.1, 0.15) is 5.69 Å². The Labute approximate surface area is 105 Å². The molecule has 1 N–H and O–H groups in total. The molecule has 17 heavy (non-hydrogen) atoms. The van der Waals surface area contributed by atoms with Gasteiger partial charge in [0.25, 0.3) is 0 Å². The fourth-order valence-corrected chi connectivity index (χ4v) is 2.65. The maximum absolute atomic E-state index is 5.22. The summed E-state index contributed by atoms with van der Waals surface area (Å²) in [6.45, 7) is 2.15. The number of methoxy groups -OCH3 is 1. The number of aryl methyl sites for hydroxylation is 1. The summed E-state index contributed by atoms with van der Waals surface area (Å²) in [5.74, 6) is 0.775. The molecule has 0 radical (unpaired) electrons. The van der Waals surface area contributed by atoms with Crippen LogP contribution in [0.3, 0.4) is 0 Å². The maximum Gasteiger partial charge on any atom is 0.211 e. The van der Waals surface area contributed by atoms with Crippen molar-refractivity contribution >= 4 is 11.3 Å². The normalized spacial score (nSPS) is 12.7. The van der Waals surface area contributed by atoms with Crippen LogP contribution in [0.5, 0.6) is 5.88 Å². The number of ether oxygens (including phenoxy) is 1. The lowest BCUT2D eigenvalue weighted by Crippen LogP contribution is -2.10. The lowest BCUT2D eigenvalue weighted by Gasteiger charge is -2.05. The molecular weight excluding hydrogens is 234 g/mol. The van der Waals surface area contributed by atoms with Gasteiger partial charge < -0.3 is 10.1 Å². The fourth-order valence-electron chi connectivity index (χ4n) is 1.63. The molecule has 2 heterocycles. The largest absolute Gasteiger partial charge is 0.481 e. The summed E-state index contributed by atoms with van der Waals surface area (Å²) in [7, 11) is 5.50. The predicted octanol–water partition coefficient (Wildman–Crippen LogP) is 2.44. The summed E-state index contributed by atoms with van der Waals surface area (Å²) >= 11 is 1.76. The minimum atomic E-state index is 0.374.